The maximum absolute atomic E-state index is 12.6. The van der Waals surface area contributed by atoms with Gasteiger partial charge in [0.15, 0.2) is 0 Å². The molecule has 2 N–H and O–H groups in total. The molecule has 0 bridgehead atoms. The molecule has 2 aromatic rings. The predicted octanol–water partition coefficient (Wildman–Crippen LogP) is 3.99. The monoisotopic (exact) mass is 460 g/mol. The number of alkyl halides is 2. The van der Waals surface area contributed by atoms with Crippen LogP contribution in [0.4, 0.5) is 8.78 Å². The number of hydrogen-bond acceptors (Lipinski definition) is 4. The highest BCUT2D eigenvalue weighted by molar-refractivity contribution is 7.89. The van der Waals surface area contributed by atoms with Gasteiger partial charge < -0.3 is 10.1 Å². The lowest BCUT2D eigenvalue weighted by Crippen LogP contribution is -2.40. The molecular weight excluding hydrogens is 438 g/mol. The summed E-state index contributed by atoms with van der Waals surface area (Å²) in [5.41, 5.74) is 0.246. The summed E-state index contributed by atoms with van der Waals surface area (Å²) in [5, 5.41) is 2.70. The number of amides is 1. The largest absolute Gasteiger partial charge is 0.435 e. The van der Waals surface area contributed by atoms with Gasteiger partial charge in [0.2, 0.25) is 10.0 Å². The van der Waals surface area contributed by atoms with Crippen molar-refractivity contribution in [2.24, 2.45) is 0 Å². The Hall–Kier alpha value is -2.23. The zero-order valence-corrected chi connectivity index (χ0v) is 18.3. The second kappa shape index (κ2) is 9.72. The second-order valence-corrected chi connectivity index (χ2v) is 9.59. The van der Waals surface area contributed by atoms with Crippen molar-refractivity contribution in [1.82, 2.24) is 10.0 Å². The van der Waals surface area contributed by atoms with E-state index in [1.807, 2.05) is 0 Å². The van der Waals surface area contributed by atoms with E-state index in [4.69, 9.17) is 11.6 Å². The first-order valence-corrected chi connectivity index (χ1v) is 10.9. The predicted molar refractivity (Wildman–Crippen MR) is 111 cm³/mol. The summed E-state index contributed by atoms with van der Waals surface area (Å²) in [6, 6.07) is 10.1. The van der Waals surface area contributed by atoms with E-state index in [0.717, 1.165) is 5.56 Å². The van der Waals surface area contributed by atoms with Crippen LogP contribution in [0.3, 0.4) is 0 Å². The van der Waals surface area contributed by atoms with Gasteiger partial charge >= 0.3 is 6.61 Å². The maximum atomic E-state index is 12.6. The highest BCUT2D eigenvalue weighted by Gasteiger charge is 2.25. The van der Waals surface area contributed by atoms with E-state index in [2.05, 4.69) is 14.8 Å². The minimum Gasteiger partial charge on any atom is -0.435 e. The Kier molecular flexibility index (Phi) is 7.79. The summed E-state index contributed by atoms with van der Waals surface area (Å²) in [4.78, 5) is 12.2. The van der Waals surface area contributed by atoms with Gasteiger partial charge in [0.25, 0.3) is 5.91 Å². The van der Waals surface area contributed by atoms with Crippen molar-refractivity contribution in [3.63, 3.8) is 0 Å². The minimum absolute atomic E-state index is 0.00871. The first-order chi connectivity index (χ1) is 13.9. The third-order valence-electron chi connectivity index (χ3n) is 3.77. The Balaban J connectivity index is 2.02. The quantitative estimate of drug-likeness (QED) is 0.623. The molecule has 0 heterocycles. The highest BCUT2D eigenvalue weighted by atomic mass is 35.5. The Bertz CT molecular complexity index is 991. The lowest BCUT2D eigenvalue weighted by Gasteiger charge is -2.21. The minimum atomic E-state index is -3.91. The third kappa shape index (κ3) is 7.23. The summed E-state index contributed by atoms with van der Waals surface area (Å²) >= 11 is 6.03. The molecule has 0 atom stereocenters. The average molecular weight is 461 g/mol. The lowest BCUT2D eigenvalue weighted by molar-refractivity contribution is -0.0498. The Morgan fingerprint density at radius 1 is 1.13 bits per heavy atom. The van der Waals surface area contributed by atoms with Gasteiger partial charge in [-0.05, 0) is 63.1 Å². The number of carbonyl (C=O) groups is 1. The number of rotatable bonds is 8. The third-order valence-corrected chi connectivity index (χ3v) is 6.01. The fraction of sp³-hybridized carbons (Fsp3) is 0.350. The molecule has 0 aromatic heterocycles. The first kappa shape index (κ1) is 24.0. The Morgan fingerprint density at radius 3 is 2.33 bits per heavy atom. The number of hydrogen-bond donors (Lipinski definition) is 2. The summed E-state index contributed by atoms with van der Waals surface area (Å²) in [6.45, 7) is 2.46. The molecule has 0 aliphatic heterocycles. The molecule has 164 valence electrons. The van der Waals surface area contributed by atoms with Crippen molar-refractivity contribution < 1.29 is 26.7 Å². The molecule has 6 nitrogen and oxygen atoms in total. The lowest BCUT2D eigenvalue weighted by atomic mass is 10.1. The van der Waals surface area contributed by atoms with Gasteiger partial charge in [0.05, 0.1) is 5.02 Å². The molecule has 0 saturated heterocycles. The topological polar surface area (TPSA) is 84.5 Å². The van der Waals surface area contributed by atoms with Crippen molar-refractivity contribution in [3.8, 4) is 5.75 Å². The Labute approximate surface area is 179 Å². The van der Waals surface area contributed by atoms with Crippen molar-refractivity contribution in [1.29, 1.82) is 0 Å². The number of halogens is 3. The van der Waals surface area contributed by atoms with Gasteiger partial charge in [0, 0.05) is 17.6 Å². The highest BCUT2D eigenvalue weighted by Crippen LogP contribution is 2.24. The molecule has 1 amide bonds. The molecule has 0 radical (unpaired) electrons. The normalized spacial score (nSPS) is 12.1. The van der Waals surface area contributed by atoms with Gasteiger partial charge in [-0.25, -0.2) is 13.1 Å². The molecule has 30 heavy (non-hydrogen) atoms. The van der Waals surface area contributed by atoms with Crippen molar-refractivity contribution in [2.75, 3.05) is 6.54 Å². The maximum Gasteiger partial charge on any atom is 0.387 e. The van der Waals surface area contributed by atoms with Crippen molar-refractivity contribution in [2.45, 2.75) is 44.2 Å². The van der Waals surface area contributed by atoms with Crippen LogP contribution < -0.4 is 14.8 Å². The van der Waals surface area contributed by atoms with Gasteiger partial charge in [-0.1, -0.05) is 23.7 Å². The van der Waals surface area contributed by atoms with Crippen LogP contribution >= 0.6 is 11.6 Å². The van der Waals surface area contributed by atoms with Gasteiger partial charge in [-0.2, -0.15) is 8.78 Å². The number of benzene rings is 2. The number of carbonyl (C=O) groups excluding carboxylic acids is 1. The molecule has 0 fully saturated rings. The van der Waals surface area contributed by atoms with Crippen molar-refractivity contribution >= 4 is 27.5 Å². The zero-order valence-electron chi connectivity index (χ0n) is 16.7. The van der Waals surface area contributed by atoms with Gasteiger partial charge in [0.1, 0.15) is 10.6 Å². The van der Waals surface area contributed by atoms with Gasteiger partial charge in [-0.15, -0.1) is 0 Å². The zero-order chi connectivity index (χ0) is 22.5. The van der Waals surface area contributed by atoms with E-state index in [0.29, 0.717) is 6.42 Å². The second-order valence-electron chi connectivity index (χ2n) is 7.53. The van der Waals surface area contributed by atoms with Crippen LogP contribution in [0.15, 0.2) is 47.4 Å². The van der Waals surface area contributed by atoms with E-state index >= 15 is 0 Å². The number of nitrogens with one attached hydrogen (secondary N) is 2. The van der Waals surface area contributed by atoms with E-state index in [9.17, 15) is 22.0 Å². The summed E-state index contributed by atoms with van der Waals surface area (Å²) in [6.07, 6.45) is 0.449. The van der Waals surface area contributed by atoms with E-state index in [-0.39, 0.29) is 27.8 Å². The van der Waals surface area contributed by atoms with Gasteiger partial charge in [-0.3, -0.25) is 4.79 Å². The fourth-order valence-electron chi connectivity index (χ4n) is 2.57. The molecule has 2 aromatic carbocycles. The first-order valence-electron chi connectivity index (χ1n) is 9.03. The van der Waals surface area contributed by atoms with Crippen LogP contribution in [-0.2, 0) is 16.4 Å². The van der Waals surface area contributed by atoms with Crippen LogP contribution in [0, 0.1) is 0 Å². The molecule has 0 spiro atoms. The van der Waals surface area contributed by atoms with E-state index in [1.165, 1.54) is 30.3 Å². The summed E-state index contributed by atoms with van der Waals surface area (Å²) in [7, 11) is -3.91. The molecule has 0 aliphatic rings. The molecule has 0 unspecified atom stereocenters. The smallest absolute Gasteiger partial charge is 0.387 e. The van der Waals surface area contributed by atoms with E-state index in [1.54, 1.807) is 32.9 Å². The summed E-state index contributed by atoms with van der Waals surface area (Å²) < 4.78 is 56.2. The molecular formula is C20H23ClF2N2O4S. The number of sulfonamides is 1. The SMILES string of the molecule is CC(C)(C)NS(=O)(=O)c1cc(C(=O)NCCc2ccc(OC(F)F)cc2)ccc1Cl. The Morgan fingerprint density at radius 2 is 1.77 bits per heavy atom. The number of ether oxygens (including phenoxy) is 1. The van der Waals surface area contributed by atoms with E-state index < -0.39 is 28.1 Å². The molecule has 0 saturated carbocycles. The molecule has 10 heteroatoms. The molecule has 2 rings (SSSR count). The van der Waals surface area contributed by atoms with Crippen LogP contribution in [-0.4, -0.2) is 33.0 Å². The average Bonchev–Trinajstić information content (AvgIpc) is 2.61. The van der Waals surface area contributed by atoms with Crippen LogP contribution in [0.1, 0.15) is 36.7 Å². The van der Waals surface area contributed by atoms with Crippen molar-refractivity contribution in [3.05, 3.63) is 58.6 Å². The van der Waals surface area contributed by atoms with Crippen LogP contribution in [0.5, 0.6) is 5.75 Å². The standard InChI is InChI=1S/C20H23ClF2N2O4S/c1-20(2,3)25-30(27,28)17-12-14(6-9-16(17)21)18(26)24-11-10-13-4-7-15(8-5-13)29-19(22)23/h4-9,12,19,25H,10-11H2,1-3H3,(H,24,26). The van der Waals surface area contributed by atoms with Crippen LogP contribution in [0.2, 0.25) is 5.02 Å². The fourth-order valence-corrected chi connectivity index (χ4v) is 4.51. The molecule has 0 aliphatic carbocycles. The summed E-state index contributed by atoms with van der Waals surface area (Å²) in [5.74, 6) is -0.409. The van der Waals surface area contributed by atoms with Crippen LogP contribution in [0.25, 0.3) is 0 Å².